The Balaban J connectivity index is 1.55. The monoisotopic (exact) mass is 426 g/mol. The van der Waals surface area contributed by atoms with Crippen LogP contribution in [0.15, 0.2) is 42.6 Å². The van der Waals surface area contributed by atoms with Crippen LogP contribution in [0.25, 0.3) is 0 Å². The van der Waals surface area contributed by atoms with Gasteiger partial charge in [-0.3, -0.25) is 4.79 Å². The number of carboxylic acid groups (broad SMARTS) is 1. The minimum Gasteiger partial charge on any atom is -0.478 e. The topological polar surface area (TPSA) is 97.8 Å². The molecule has 0 aliphatic heterocycles. The molecule has 7 heteroatoms. The van der Waals surface area contributed by atoms with Crippen molar-refractivity contribution in [1.29, 1.82) is 0 Å². The molecular formula is C24H30N2O5. The first-order valence-electron chi connectivity index (χ1n) is 10.7. The number of nitrogens with zero attached hydrogens (tertiary/aromatic N) is 1. The van der Waals surface area contributed by atoms with Crippen molar-refractivity contribution >= 4 is 17.6 Å². The van der Waals surface area contributed by atoms with Gasteiger partial charge in [-0.1, -0.05) is 39.7 Å². The van der Waals surface area contributed by atoms with Crippen LogP contribution in [-0.4, -0.2) is 34.7 Å². The molecule has 1 aliphatic rings. The lowest BCUT2D eigenvalue weighted by molar-refractivity contribution is -0.126. The third-order valence-electron chi connectivity index (χ3n) is 5.76. The predicted octanol–water partition coefficient (Wildman–Crippen LogP) is 4.99. The summed E-state index contributed by atoms with van der Waals surface area (Å²) in [5, 5.41) is 11.8. The Morgan fingerprint density at radius 2 is 2.03 bits per heavy atom. The molecule has 0 radical (unpaired) electrons. The molecule has 1 saturated carbocycles. The number of amides is 1. The van der Waals surface area contributed by atoms with E-state index in [4.69, 9.17) is 14.6 Å². The number of benzene rings is 1. The number of ether oxygens (including phenoxy) is 2. The molecule has 1 amide bonds. The van der Waals surface area contributed by atoms with Crippen LogP contribution in [0.2, 0.25) is 0 Å². The summed E-state index contributed by atoms with van der Waals surface area (Å²) >= 11 is 0. The first-order chi connectivity index (χ1) is 14.8. The summed E-state index contributed by atoms with van der Waals surface area (Å²) in [6.45, 7) is 6.73. The van der Waals surface area contributed by atoms with Crippen molar-refractivity contribution in [2.75, 3.05) is 11.9 Å². The minimum absolute atomic E-state index is 0.0178. The van der Waals surface area contributed by atoms with Crippen molar-refractivity contribution in [1.82, 2.24) is 4.98 Å². The zero-order valence-electron chi connectivity index (χ0n) is 18.2. The van der Waals surface area contributed by atoms with Gasteiger partial charge in [-0.25, -0.2) is 9.78 Å². The summed E-state index contributed by atoms with van der Waals surface area (Å²) in [4.78, 5) is 27.3. The van der Waals surface area contributed by atoms with Crippen molar-refractivity contribution in [2.45, 2.75) is 46.1 Å². The second-order valence-electron chi connectivity index (χ2n) is 8.45. The largest absolute Gasteiger partial charge is 0.478 e. The Morgan fingerprint density at radius 3 is 2.71 bits per heavy atom. The first kappa shape index (κ1) is 22.7. The van der Waals surface area contributed by atoms with Gasteiger partial charge in [-0.05, 0) is 42.4 Å². The quantitative estimate of drug-likeness (QED) is 0.617. The van der Waals surface area contributed by atoms with Crippen LogP contribution < -0.4 is 10.1 Å². The van der Waals surface area contributed by atoms with E-state index in [1.807, 2.05) is 0 Å². The van der Waals surface area contributed by atoms with Gasteiger partial charge in [0.25, 0.3) is 0 Å². The zero-order chi connectivity index (χ0) is 22.4. The maximum absolute atomic E-state index is 12.4. The first-order valence-corrected chi connectivity index (χ1v) is 10.7. The van der Waals surface area contributed by atoms with Crippen molar-refractivity contribution < 1.29 is 24.2 Å². The molecule has 31 heavy (non-hydrogen) atoms. The van der Waals surface area contributed by atoms with Gasteiger partial charge in [0.1, 0.15) is 12.4 Å². The fourth-order valence-electron chi connectivity index (χ4n) is 4.38. The smallest absolute Gasteiger partial charge is 0.337 e. The van der Waals surface area contributed by atoms with E-state index in [0.29, 0.717) is 29.2 Å². The van der Waals surface area contributed by atoms with Gasteiger partial charge in [0, 0.05) is 24.0 Å². The molecule has 1 aromatic carbocycles. The number of pyridine rings is 1. The highest BCUT2D eigenvalue weighted by molar-refractivity contribution is 5.91. The van der Waals surface area contributed by atoms with Crippen molar-refractivity contribution in [3.8, 4) is 11.6 Å². The second kappa shape index (κ2) is 10.4. The van der Waals surface area contributed by atoms with Crippen molar-refractivity contribution in [2.24, 2.45) is 17.8 Å². The number of aromatic nitrogens is 1. The Kier molecular flexibility index (Phi) is 7.63. The highest BCUT2D eigenvalue weighted by atomic mass is 16.5. The summed E-state index contributed by atoms with van der Waals surface area (Å²) in [6, 6.07) is 9.85. The summed E-state index contributed by atoms with van der Waals surface area (Å²) in [6.07, 6.45) is 4.70. The maximum atomic E-state index is 12.4. The van der Waals surface area contributed by atoms with Crippen LogP contribution in [0.4, 0.5) is 5.69 Å². The van der Waals surface area contributed by atoms with Gasteiger partial charge < -0.3 is 19.9 Å². The van der Waals surface area contributed by atoms with E-state index in [-0.39, 0.29) is 30.1 Å². The number of carbonyl (C=O) groups excluding carboxylic acids is 1. The van der Waals surface area contributed by atoms with Gasteiger partial charge >= 0.3 is 5.97 Å². The van der Waals surface area contributed by atoms with Gasteiger partial charge in [-0.2, -0.15) is 0 Å². The van der Waals surface area contributed by atoms with E-state index in [1.54, 1.807) is 24.3 Å². The summed E-state index contributed by atoms with van der Waals surface area (Å²) in [7, 11) is 0. The summed E-state index contributed by atoms with van der Waals surface area (Å²) in [5.74, 6) is 1.09. The molecule has 1 fully saturated rings. The highest BCUT2D eigenvalue weighted by Crippen LogP contribution is 2.36. The van der Waals surface area contributed by atoms with Gasteiger partial charge in [-0.15, -0.1) is 0 Å². The van der Waals surface area contributed by atoms with Crippen LogP contribution in [0.5, 0.6) is 11.6 Å². The van der Waals surface area contributed by atoms with Gasteiger partial charge in [0.05, 0.1) is 11.7 Å². The molecule has 0 saturated heterocycles. The molecule has 0 bridgehead atoms. The maximum Gasteiger partial charge on any atom is 0.337 e. The standard InChI is InChI=1S/C24H30N2O5/c1-15(2)23-16(3)6-4-9-20(23)30-14-21(27)26-18-7-5-8-19(12-18)31-22-11-10-17(13-25-22)24(28)29/h5,7-8,10-13,15-16,20,23H,4,6,9,14H2,1-3H3,(H,26,27)(H,28,29). The Morgan fingerprint density at radius 1 is 1.23 bits per heavy atom. The second-order valence-corrected chi connectivity index (χ2v) is 8.45. The van der Waals surface area contributed by atoms with Crippen LogP contribution >= 0.6 is 0 Å². The molecule has 166 valence electrons. The van der Waals surface area contributed by atoms with E-state index >= 15 is 0 Å². The van der Waals surface area contributed by atoms with Crippen LogP contribution in [0, 0.1) is 17.8 Å². The summed E-state index contributed by atoms with van der Waals surface area (Å²) in [5.41, 5.74) is 0.672. The Labute approximate surface area is 182 Å². The Hall–Kier alpha value is -2.93. The van der Waals surface area contributed by atoms with Gasteiger partial charge in [0.2, 0.25) is 11.8 Å². The fraction of sp³-hybridized carbons (Fsp3) is 0.458. The molecular weight excluding hydrogens is 396 g/mol. The van der Waals surface area contributed by atoms with Crippen LogP contribution in [0.1, 0.15) is 50.4 Å². The van der Waals surface area contributed by atoms with Crippen molar-refractivity contribution in [3.63, 3.8) is 0 Å². The lowest BCUT2D eigenvalue weighted by Crippen LogP contribution is -2.38. The normalized spacial score (nSPS) is 21.0. The van der Waals surface area contributed by atoms with E-state index < -0.39 is 5.97 Å². The average Bonchev–Trinajstić information content (AvgIpc) is 2.72. The zero-order valence-corrected chi connectivity index (χ0v) is 18.2. The number of hydrogen-bond donors (Lipinski definition) is 2. The molecule has 3 unspecified atom stereocenters. The number of rotatable bonds is 8. The molecule has 3 atom stereocenters. The Bertz CT molecular complexity index is 897. The average molecular weight is 427 g/mol. The highest BCUT2D eigenvalue weighted by Gasteiger charge is 2.33. The van der Waals surface area contributed by atoms with E-state index in [1.165, 1.54) is 24.8 Å². The lowest BCUT2D eigenvalue weighted by atomic mass is 9.72. The molecule has 0 spiro atoms. The number of anilines is 1. The number of carboxylic acids is 1. The fourth-order valence-corrected chi connectivity index (χ4v) is 4.38. The molecule has 2 N–H and O–H groups in total. The third kappa shape index (κ3) is 6.28. The van der Waals surface area contributed by atoms with E-state index in [2.05, 4.69) is 31.1 Å². The van der Waals surface area contributed by atoms with Crippen molar-refractivity contribution in [3.05, 3.63) is 48.2 Å². The molecule has 1 aromatic heterocycles. The number of hydrogen-bond acceptors (Lipinski definition) is 5. The van der Waals surface area contributed by atoms with Crippen LogP contribution in [-0.2, 0) is 9.53 Å². The summed E-state index contributed by atoms with van der Waals surface area (Å²) < 4.78 is 11.7. The van der Waals surface area contributed by atoms with E-state index in [9.17, 15) is 9.59 Å². The molecule has 7 nitrogen and oxygen atoms in total. The van der Waals surface area contributed by atoms with Crippen LogP contribution in [0.3, 0.4) is 0 Å². The number of carbonyl (C=O) groups is 2. The predicted molar refractivity (Wildman–Crippen MR) is 117 cm³/mol. The minimum atomic E-state index is -1.05. The number of aromatic carboxylic acids is 1. The molecule has 3 rings (SSSR count). The van der Waals surface area contributed by atoms with E-state index in [0.717, 1.165) is 12.8 Å². The molecule has 1 heterocycles. The number of nitrogens with one attached hydrogen (secondary N) is 1. The molecule has 2 aromatic rings. The third-order valence-corrected chi connectivity index (χ3v) is 5.76. The van der Waals surface area contributed by atoms with Gasteiger partial charge in [0.15, 0.2) is 0 Å². The molecule has 1 aliphatic carbocycles. The lowest BCUT2D eigenvalue weighted by Gasteiger charge is -2.38. The SMILES string of the molecule is CC(C)C1C(C)CCCC1OCC(=O)Nc1cccc(Oc2ccc(C(=O)O)cn2)c1.